The van der Waals surface area contributed by atoms with Crippen LogP contribution in [-0.4, -0.2) is 23.7 Å². The molecule has 0 saturated carbocycles. The van der Waals surface area contributed by atoms with Gasteiger partial charge >= 0.3 is 0 Å². The molecule has 0 bridgehead atoms. The Morgan fingerprint density at radius 1 is 1.47 bits per heavy atom. The number of nitrogens with zero attached hydrogens (tertiary/aromatic N) is 2. The number of rotatable bonds is 3. The Bertz CT molecular complexity index is 390. The fourth-order valence-corrected chi connectivity index (χ4v) is 1.75. The van der Waals surface area contributed by atoms with Gasteiger partial charge in [-0.25, -0.2) is 4.98 Å². The summed E-state index contributed by atoms with van der Waals surface area (Å²) in [5.74, 6) is 0.910. The van der Waals surface area contributed by atoms with Gasteiger partial charge in [0.15, 0.2) is 0 Å². The van der Waals surface area contributed by atoms with Crippen LogP contribution in [-0.2, 0) is 4.74 Å². The second-order valence-corrected chi connectivity index (χ2v) is 3.40. The summed E-state index contributed by atoms with van der Waals surface area (Å²) in [6, 6.07) is 0. The molecule has 0 aliphatic heterocycles. The maximum atomic E-state index is 5.33. The van der Waals surface area contributed by atoms with Crippen molar-refractivity contribution in [3.63, 3.8) is 0 Å². The van der Waals surface area contributed by atoms with E-state index < -0.39 is 0 Å². The number of hydrogen-bond donors (Lipinski definition) is 1. The standard InChI is InChI=1S/C11H15N3O/c1-12-10-4-3-9(7-11(10)15-2)14-6-5-13-8-14/h5-8,12H,3-4H2,1-2H3. The van der Waals surface area contributed by atoms with Gasteiger partial charge < -0.3 is 14.6 Å². The third kappa shape index (κ3) is 1.88. The van der Waals surface area contributed by atoms with E-state index in [1.54, 1.807) is 13.3 Å². The largest absolute Gasteiger partial charge is 0.495 e. The Morgan fingerprint density at radius 3 is 2.93 bits per heavy atom. The minimum atomic E-state index is 0.910. The van der Waals surface area contributed by atoms with E-state index >= 15 is 0 Å². The summed E-state index contributed by atoms with van der Waals surface area (Å²) in [4.78, 5) is 4.04. The molecule has 4 heteroatoms. The van der Waals surface area contributed by atoms with Gasteiger partial charge in [0.1, 0.15) is 5.76 Å². The average Bonchev–Trinajstić information content (AvgIpc) is 2.81. The molecule has 0 radical (unpaired) electrons. The van der Waals surface area contributed by atoms with E-state index in [1.807, 2.05) is 24.1 Å². The third-order valence-electron chi connectivity index (χ3n) is 2.58. The molecular formula is C11H15N3O. The Kier molecular flexibility index (Phi) is 2.76. The maximum Gasteiger partial charge on any atom is 0.139 e. The van der Waals surface area contributed by atoms with Crippen molar-refractivity contribution in [1.29, 1.82) is 0 Å². The van der Waals surface area contributed by atoms with E-state index in [9.17, 15) is 0 Å². The molecule has 1 aromatic heterocycles. The Morgan fingerprint density at radius 2 is 2.33 bits per heavy atom. The lowest BCUT2D eigenvalue weighted by Crippen LogP contribution is -2.14. The zero-order chi connectivity index (χ0) is 10.7. The SMILES string of the molecule is CNC1=C(OC)C=C(n2ccnc2)CC1. The minimum absolute atomic E-state index is 0.910. The van der Waals surface area contributed by atoms with Crippen molar-refractivity contribution < 1.29 is 4.74 Å². The van der Waals surface area contributed by atoms with Crippen molar-refractivity contribution in [2.75, 3.05) is 14.2 Å². The smallest absolute Gasteiger partial charge is 0.139 e. The van der Waals surface area contributed by atoms with Gasteiger partial charge in [0.25, 0.3) is 0 Å². The second kappa shape index (κ2) is 4.21. The lowest BCUT2D eigenvalue weighted by Gasteiger charge is -2.19. The molecule has 1 aliphatic rings. The Labute approximate surface area is 89.3 Å². The first-order valence-corrected chi connectivity index (χ1v) is 4.99. The Hall–Kier alpha value is -1.71. The highest BCUT2D eigenvalue weighted by molar-refractivity contribution is 5.53. The van der Waals surface area contributed by atoms with Crippen molar-refractivity contribution in [3.8, 4) is 0 Å². The summed E-state index contributed by atoms with van der Waals surface area (Å²) < 4.78 is 7.35. The van der Waals surface area contributed by atoms with Crippen LogP contribution in [0.15, 0.2) is 36.3 Å². The van der Waals surface area contributed by atoms with E-state index in [-0.39, 0.29) is 0 Å². The van der Waals surface area contributed by atoms with Crippen molar-refractivity contribution in [2.24, 2.45) is 0 Å². The van der Waals surface area contributed by atoms with Gasteiger partial charge in [0.05, 0.1) is 19.1 Å². The molecule has 0 fully saturated rings. The maximum absolute atomic E-state index is 5.33. The highest BCUT2D eigenvalue weighted by Crippen LogP contribution is 2.25. The van der Waals surface area contributed by atoms with Crippen LogP contribution in [0.2, 0.25) is 0 Å². The highest BCUT2D eigenvalue weighted by atomic mass is 16.5. The molecule has 1 N–H and O–H groups in total. The summed E-state index contributed by atoms with van der Waals surface area (Å²) in [6.07, 6.45) is 9.57. The first kappa shape index (κ1) is 9.83. The van der Waals surface area contributed by atoms with E-state index in [4.69, 9.17) is 4.74 Å². The normalized spacial score (nSPS) is 16.3. The van der Waals surface area contributed by atoms with Gasteiger partial charge in [-0.1, -0.05) is 0 Å². The van der Waals surface area contributed by atoms with Crippen LogP contribution in [0.4, 0.5) is 0 Å². The summed E-state index contributed by atoms with van der Waals surface area (Å²) in [7, 11) is 3.62. The van der Waals surface area contributed by atoms with Gasteiger partial charge in [0, 0.05) is 31.2 Å². The molecule has 0 amide bonds. The van der Waals surface area contributed by atoms with E-state index in [0.29, 0.717) is 0 Å². The molecule has 1 heterocycles. The molecule has 0 aromatic carbocycles. The van der Waals surface area contributed by atoms with Crippen LogP contribution in [0, 0.1) is 0 Å². The summed E-state index contributed by atoms with van der Waals surface area (Å²) >= 11 is 0. The molecule has 0 unspecified atom stereocenters. The van der Waals surface area contributed by atoms with Gasteiger partial charge in [-0.15, -0.1) is 0 Å². The number of ether oxygens (including phenoxy) is 1. The van der Waals surface area contributed by atoms with Crippen LogP contribution in [0.5, 0.6) is 0 Å². The fraction of sp³-hybridized carbons (Fsp3) is 0.364. The number of allylic oxidation sites excluding steroid dienone is 3. The molecule has 4 nitrogen and oxygen atoms in total. The molecule has 0 saturated heterocycles. The monoisotopic (exact) mass is 205 g/mol. The van der Waals surface area contributed by atoms with Crippen molar-refractivity contribution in [2.45, 2.75) is 12.8 Å². The topological polar surface area (TPSA) is 39.1 Å². The predicted octanol–water partition coefficient (Wildman–Crippen LogP) is 1.60. The van der Waals surface area contributed by atoms with Crippen LogP contribution >= 0.6 is 0 Å². The number of aromatic nitrogens is 2. The Balaban J connectivity index is 2.30. The molecule has 1 aliphatic carbocycles. The number of nitrogens with one attached hydrogen (secondary N) is 1. The second-order valence-electron chi connectivity index (χ2n) is 3.40. The van der Waals surface area contributed by atoms with E-state index in [0.717, 1.165) is 24.3 Å². The van der Waals surface area contributed by atoms with Crippen LogP contribution in [0.25, 0.3) is 5.70 Å². The van der Waals surface area contributed by atoms with Gasteiger partial charge in [-0.2, -0.15) is 0 Å². The summed E-state index contributed by atoms with van der Waals surface area (Å²) in [6.45, 7) is 0. The van der Waals surface area contributed by atoms with Crippen molar-refractivity contribution in [1.82, 2.24) is 14.9 Å². The summed E-state index contributed by atoms with van der Waals surface area (Å²) in [5, 5.41) is 3.16. The van der Waals surface area contributed by atoms with Gasteiger partial charge in [-0.3, -0.25) is 0 Å². The van der Waals surface area contributed by atoms with Crippen molar-refractivity contribution in [3.05, 3.63) is 36.3 Å². The van der Waals surface area contributed by atoms with E-state index in [1.165, 1.54) is 5.70 Å². The lowest BCUT2D eigenvalue weighted by atomic mass is 10.1. The average molecular weight is 205 g/mol. The van der Waals surface area contributed by atoms with Crippen molar-refractivity contribution >= 4 is 5.70 Å². The zero-order valence-electron chi connectivity index (χ0n) is 9.03. The predicted molar refractivity (Wildman–Crippen MR) is 58.8 cm³/mol. The van der Waals surface area contributed by atoms with Gasteiger partial charge in [0.2, 0.25) is 0 Å². The molecule has 0 atom stereocenters. The first-order valence-electron chi connectivity index (χ1n) is 4.99. The summed E-state index contributed by atoms with van der Waals surface area (Å²) in [5.41, 5.74) is 2.37. The van der Waals surface area contributed by atoms with Crippen LogP contribution < -0.4 is 5.32 Å². The molecular weight excluding hydrogens is 190 g/mol. The molecule has 15 heavy (non-hydrogen) atoms. The first-order chi connectivity index (χ1) is 7.35. The van der Waals surface area contributed by atoms with Gasteiger partial charge in [-0.05, 0) is 12.8 Å². The fourth-order valence-electron chi connectivity index (χ4n) is 1.75. The molecule has 2 rings (SSSR count). The zero-order valence-corrected chi connectivity index (χ0v) is 9.03. The molecule has 80 valence electrons. The van der Waals surface area contributed by atoms with Crippen LogP contribution in [0.3, 0.4) is 0 Å². The quantitative estimate of drug-likeness (QED) is 0.814. The van der Waals surface area contributed by atoms with E-state index in [2.05, 4.69) is 16.4 Å². The lowest BCUT2D eigenvalue weighted by molar-refractivity contribution is 0.296. The molecule has 0 spiro atoms. The highest BCUT2D eigenvalue weighted by Gasteiger charge is 2.13. The number of imidazole rings is 1. The number of methoxy groups -OCH3 is 1. The van der Waals surface area contributed by atoms with Crippen LogP contribution in [0.1, 0.15) is 12.8 Å². The minimum Gasteiger partial charge on any atom is -0.495 e. The number of hydrogen-bond acceptors (Lipinski definition) is 3. The molecule has 1 aromatic rings. The third-order valence-corrected chi connectivity index (χ3v) is 2.58.